The number of anilines is 1. The highest BCUT2D eigenvalue weighted by Gasteiger charge is 2.55. The van der Waals surface area contributed by atoms with E-state index >= 15 is 0 Å². The van der Waals surface area contributed by atoms with Crippen molar-refractivity contribution >= 4 is 63.2 Å². The fourth-order valence-electron chi connectivity index (χ4n) is 4.44. The summed E-state index contributed by atoms with van der Waals surface area (Å²) in [5.74, 6) is -2.97. The first kappa shape index (κ1) is 24.5. The zero-order valence-corrected chi connectivity index (χ0v) is 20.5. The number of aliphatic carboxylic acids is 1. The van der Waals surface area contributed by atoms with E-state index in [1.165, 1.54) is 17.1 Å². The lowest BCUT2D eigenvalue weighted by Crippen LogP contribution is -2.71. The third kappa shape index (κ3) is 4.21. The maximum Gasteiger partial charge on any atom is 0.352 e. The Bertz CT molecular complexity index is 1420. The molecule has 15 heteroatoms. The van der Waals surface area contributed by atoms with Gasteiger partial charge in [-0.3, -0.25) is 24.3 Å². The van der Waals surface area contributed by atoms with Crippen LogP contribution in [0, 0.1) is 0 Å². The average Bonchev–Trinajstić information content (AvgIpc) is 3.51. The van der Waals surface area contributed by atoms with E-state index in [1.54, 1.807) is 24.5 Å². The number of thiazole rings is 1. The molecule has 2 saturated heterocycles. The number of allylic oxidation sites excluding steroid dienone is 1. The lowest BCUT2D eigenvalue weighted by Gasteiger charge is -2.49. The van der Waals surface area contributed by atoms with Gasteiger partial charge in [-0.05, 0) is 29.7 Å². The van der Waals surface area contributed by atoms with Gasteiger partial charge in [-0.15, -0.1) is 23.1 Å². The van der Waals surface area contributed by atoms with E-state index in [4.69, 9.17) is 5.73 Å². The number of fused-ring (bicyclic) bond motifs is 1. The predicted octanol–water partition coefficient (Wildman–Crippen LogP) is 0.0109. The van der Waals surface area contributed by atoms with Gasteiger partial charge in [-0.1, -0.05) is 5.16 Å². The monoisotopic (exact) mass is 541 g/mol. The summed E-state index contributed by atoms with van der Waals surface area (Å²) in [5, 5.41) is 28.6. The fraction of sp³-hybridized carbons (Fsp3) is 0.227. The quantitative estimate of drug-likeness (QED) is 0.109. The van der Waals surface area contributed by atoms with Crippen molar-refractivity contribution in [3.8, 4) is 0 Å². The number of nitrogens with two attached hydrogens (primary N) is 1. The van der Waals surface area contributed by atoms with Crippen molar-refractivity contribution in [2.24, 2.45) is 5.16 Å². The Morgan fingerprint density at radius 2 is 2.03 bits per heavy atom. The maximum atomic E-state index is 13.1. The smallest absolute Gasteiger partial charge is 0.352 e. The topological polar surface area (TPSA) is 200 Å². The largest absolute Gasteiger partial charge is 0.477 e. The van der Waals surface area contributed by atoms with E-state index in [-0.39, 0.29) is 28.2 Å². The molecule has 2 fully saturated rings. The van der Waals surface area contributed by atoms with Gasteiger partial charge in [0.15, 0.2) is 10.8 Å². The molecule has 0 radical (unpaired) electrons. The molecule has 3 aliphatic heterocycles. The van der Waals surface area contributed by atoms with Crippen molar-refractivity contribution in [3.05, 3.63) is 58.0 Å². The number of thioether (sulfide) groups is 1. The number of carboxylic acids is 1. The molecule has 5 rings (SSSR count). The summed E-state index contributed by atoms with van der Waals surface area (Å²) in [4.78, 5) is 59.9. The molecule has 2 atom stereocenters. The van der Waals surface area contributed by atoms with Crippen LogP contribution in [0.1, 0.15) is 17.7 Å². The molecule has 0 aliphatic carbocycles. The molecule has 13 nitrogen and oxygen atoms in total. The Labute approximate surface area is 217 Å². The predicted molar refractivity (Wildman–Crippen MR) is 133 cm³/mol. The van der Waals surface area contributed by atoms with Gasteiger partial charge in [-0.25, -0.2) is 9.78 Å². The van der Waals surface area contributed by atoms with Gasteiger partial charge >= 0.3 is 5.97 Å². The van der Waals surface area contributed by atoms with E-state index in [9.17, 15) is 29.5 Å². The second kappa shape index (κ2) is 9.67. The number of oxime groups is 1. The average molecular weight is 542 g/mol. The van der Waals surface area contributed by atoms with Crippen molar-refractivity contribution in [1.82, 2.24) is 25.5 Å². The van der Waals surface area contributed by atoms with Crippen LogP contribution < -0.4 is 16.4 Å². The number of nitrogen functional groups attached to an aromatic ring is 1. The highest BCUT2D eigenvalue weighted by atomic mass is 32.2. The Kier molecular flexibility index (Phi) is 6.39. The Hall–Kier alpha value is -4.24. The number of nitrogens with zero attached hydrogens (tertiary/aromatic N) is 4. The first-order valence-corrected chi connectivity index (χ1v) is 12.8. The van der Waals surface area contributed by atoms with Gasteiger partial charge in [0.05, 0.1) is 0 Å². The first-order valence-electron chi connectivity index (χ1n) is 10.9. The highest BCUT2D eigenvalue weighted by Crippen LogP contribution is 2.45. The summed E-state index contributed by atoms with van der Waals surface area (Å²) in [5.41, 5.74) is 6.78. The van der Waals surface area contributed by atoms with E-state index < -0.39 is 34.9 Å². The molecule has 2 aromatic heterocycles. The minimum atomic E-state index is -1.33. The van der Waals surface area contributed by atoms with Crippen LogP contribution in [0.3, 0.4) is 0 Å². The lowest BCUT2D eigenvalue weighted by molar-refractivity contribution is -0.150. The number of carbonyl (C=O) groups is 4. The van der Waals surface area contributed by atoms with Crippen LogP contribution in [0.4, 0.5) is 5.13 Å². The SMILES string of the molecule is Nc1nc(C(=NO)C(=O)N[C@@H]2C(=O)N3C(C(=O)O)=C(C(=C4CCNC4=O)c4ccncc4)CS[C@H]23)cs1. The van der Waals surface area contributed by atoms with Gasteiger partial charge < -0.3 is 26.7 Å². The third-order valence-electron chi connectivity index (χ3n) is 6.04. The van der Waals surface area contributed by atoms with Crippen molar-refractivity contribution in [2.45, 2.75) is 17.8 Å². The summed E-state index contributed by atoms with van der Waals surface area (Å²) >= 11 is 2.30. The van der Waals surface area contributed by atoms with Crippen molar-refractivity contribution in [2.75, 3.05) is 18.0 Å². The number of aromatic nitrogens is 2. The Morgan fingerprint density at radius 3 is 2.62 bits per heavy atom. The summed E-state index contributed by atoms with van der Waals surface area (Å²) in [6, 6.07) is 2.30. The zero-order chi connectivity index (χ0) is 26.3. The number of rotatable bonds is 6. The Morgan fingerprint density at radius 1 is 1.27 bits per heavy atom. The number of pyridine rings is 1. The minimum Gasteiger partial charge on any atom is -0.477 e. The molecule has 2 aromatic rings. The lowest BCUT2D eigenvalue weighted by atomic mass is 9.90. The fourth-order valence-corrected chi connectivity index (χ4v) is 6.34. The number of amides is 3. The highest BCUT2D eigenvalue weighted by molar-refractivity contribution is 8.00. The molecule has 0 unspecified atom stereocenters. The van der Waals surface area contributed by atoms with Crippen LogP contribution in [-0.4, -0.2) is 78.3 Å². The van der Waals surface area contributed by atoms with E-state index in [0.29, 0.717) is 35.2 Å². The molecular weight excluding hydrogens is 522 g/mol. The molecule has 0 saturated carbocycles. The molecule has 6 N–H and O–H groups in total. The van der Waals surface area contributed by atoms with Gasteiger partial charge in [0.25, 0.3) is 11.8 Å². The number of carbonyl (C=O) groups excluding carboxylic acids is 3. The van der Waals surface area contributed by atoms with Crippen LogP contribution in [0.5, 0.6) is 0 Å². The number of β-lactam (4-membered cyclic amide) rings is 1. The van der Waals surface area contributed by atoms with Gasteiger partial charge in [0.2, 0.25) is 5.91 Å². The zero-order valence-electron chi connectivity index (χ0n) is 18.9. The van der Waals surface area contributed by atoms with Gasteiger partial charge in [0, 0.05) is 41.2 Å². The standard InChI is InChI=1S/C22H19N7O6S2/c23-22-26-12(8-37-22)14(28-35)18(31)27-15-19(32)29-16(21(33)34)11(7-36-20(15)29)13(9-1-4-24-5-2-9)10-3-6-25-17(10)30/h1-2,4-5,8,15,20,35H,3,6-7H2,(H2,23,26)(H,25,30)(H,27,31)(H,33,34)/t15-,20-/m1/s1. The number of nitrogens with one attached hydrogen (secondary N) is 2. The molecule has 3 amide bonds. The molecule has 0 aromatic carbocycles. The van der Waals surface area contributed by atoms with Crippen LogP contribution in [-0.2, 0) is 19.2 Å². The van der Waals surface area contributed by atoms with Crippen LogP contribution in [0.25, 0.3) is 5.57 Å². The summed E-state index contributed by atoms with van der Waals surface area (Å²) in [6.45, 7) is 0.421. The summed E-state index contributed by atoms with van der Waals surface area (Å²) in [6.07, 6.45) is 3.48. The van der Waals surface area contributed by atoms with E-state index in [2.05, 4.69) is 25.8 Å². The Balaban J connectivity index is 1.48. The molecule has 190 valence electrons. The number of hydrogen-bond acceptors (Lipinski definition) is 11. The first-order chi connectivity index (χ1) is 17.8. The van der Waals surface area contributed by atoms with Crippen LogP contribution >= 0.6 is 23.1 Å². The molecule has 5 heterocycles. The van der Waals surface area contributed by atoms with Crippen LogP contribution in [0.15, 0.2) is 51.9 Å². The van der Waals surface area contributed by atoms with Gasteiger partial charge in [0.1, 0.15) is 22.8 Å². The van der Waals surface area contributed by atoms with Crippen LogP contribution in [0.2, 0.25) is 0 Å². The molecule has 37 heavy (non-hydrogen) atoms. The second-order valence-electron chi connectivity index (χ2n) is 8.11. The van der Waals surface area contributed by atoms with E-state index in [1.807, 2.05) is 0 Å². The van der Waals surface area contributed by atoms with E-state index in [0.717, 1.165) is 16.2 Å². The normalized spacial score (nSPS) is 22.8. The number of hydrogen-bond donors (Lipinski definition) is 5. The number of carboxylic acid groups (broad SMARTS) is 1. The van der Waals surface area contributed by atoms with Gasteiger partial charge in [-0.2, -0.15) is 0 Å². The molecular formula is C22H19N7O6S2. The molecule has 0 bridgehead atoms. The van der Waals surface area contributed by atoms with Crippen molar-refractivity contribution in [3.63, 3.8) is 0 Å². The minimum absolute atomic E-state index is 0.0410. The molecule has 0 spiro atoms. The van der Waals surface area contributed by atoms with Crippen molar-refractivity contribution in [1.29, 1.82) is 0 Å². The summed E-state index contributed by atoms with van der Waals surface area (Å²) in [7, 11) is 0. The second-order valence-corrected chi connectivity index (χ2v) is 10.1. The maximum absolute atomic E-state index is 13.1. The molecule has 3 aliphatic rings. The summed E-state index contributed by atoms with van der Waals surface area (Å²) < 4.78 is 0. The van der Waals surface area contributed by atoms with Crippen molar-refractivity contribution < 1.29 is 29.5 Å². The third-order valence-corrected chi connectivity index (χ3v) is 8.00.